The smallest absolute Gasteiger partial charge is 0.288 e. The Morgan fingerprint density at radius 3 is 2.27 bits per heavy atom. The second kappa shape index (κ2) is 5.72. The minimum atomic E-state index is -5.00. The largest absolute Gasteiger partial charge is 0.471 e. The van der Waals surface area contributed by atoms with Gasteiger partial charge >= 0.3 is 12.1 Å². The minimum Gasteiger partial charge on any atom is -0.288 e. The van der Waals surface area contributed by atoms with Gasteiger partial charge < -0.3 is 0 Å². The third-order valence-electron chi connectivity index (χ3n) is 1.93. The maximum atomic E-state index is 11.8. The molecule has 0 saturated heterocycles. The van der Waals surface area contributed by atoms with Crippen molar-refractivity contribution in [1.29, 1.82) is 0 Å². The van der Waals surface area contributed by atoms with Crippen LogP contribution in [0.1, 0.15) is 33.1 Å². The Morgan fingerprint density at radius 2 is 1.87 bits per heavy atom. The number of imide groups is 1. The highest BCUT2D eigenvalue weighted by Crippen LogP contribution is 2.15. The Kier molecular flexibility index (Phi) is 5.32. The third kappa shape index (κ3) is 5.39. The van der Waals surface area contributed by atoms with Gasteiger partial charge in [-0.05, 0) is 6.42 Å². The quantitative estimate of drug-likeness (QED) is 0.795. The van der Waals surface area contributed by atoms with Crippen LogP contribution in [0.2, 0.25) is 0 Å². The molecule has 0 bridgehead atoms. The summed E-state index contributed by atoms with van der Waals surface area (Å²) in [6, 6.07) is 0. The molecule has 3 nitrogen and oxygen atoms in total. The van der Waals surface area contributed by atoms with Gasteiger partial charge in [0.25, 0.3) is 0 Å². The van der Waals surface area contributed by atoms with Crippen molar-refractivity contribution in [2.45, 2.75) is 39.3 Å². The lowest BCUT2D eigenvalue weighted by atomic mass is 10.0. The molecule has 0 aliphatic carbocycles. The maximum Gasteiger partial charge on any atom is 0.471 e. The molecule has 0 aliphatic rings. The summed E-state index contributed by atoms with van der Waals surface area (Å²) in [5.74, 6) is -3.64. The van der Waals surface area contributed by atoms with E-state index in [4.69, 9.17) is 0 Å². The molecule has 0 radical (unpaired) electrons. The molecule has 2 amide bonds. The number of unbranched alkanes of at least 4 members (excludes halogenated alkanes) is 1. The van der Waals surface area contributed by atoms with Gasteiger partial charge in [-0.3, -0.25) is 14.9 Å². The lowest BCUT2D eigenvalue weighted by Crippen LogP contribution is -2.42. The van der Waals surface area contributed by atoms with Crippen LogP contribution >= 0.6 is 0 Å². The summed E-state index contributed by atoms with van der Waals surface area (Å²) < 4.78 is 35.3. The lowest BCUT2D eigenvalue weighted by molar-refractivity contribution is -0.175. The summed E-state index contributed by atoms with van der Waals surface area (Å²) in [6.07, 6.45) is -2.92. The SMILES string of the molecule is CCCCC(C)C(=O)NC(=O)C(F)(F)F. The van der Waals surface area contributed by atoms with Gasteiger partial charge in [-0.1, -0.05) is 26.7 Å². The Bertz CT molecular complexity index is 238. The first-order chi connectivity index (χ1) is 6.79. The average Bonchev–Trinajstić information content (AvgIpc) is 2.12. The topological polar surface area (TPSA) is 46.2 Å². The zero-order valence-corrected chi connectivity index (χ0v) is 8.65. The summed E-state index contributed by atoms with van der Waals surface area (Å²) in [4.78, 5) is 21.5. The van der Waals surface area contributed by atoms with E-state index in [1.165, 1.54) is 12.2 Å². The van der Waals surface area contributed by atoms with Gasteiger partial charge in [-0.25, -0.2) is 0 Å². The first-order valence-corrected chi connectivity index (χ1v) is 4.71. The van der Waals surface area contributed by atoms with Gasteiger partial charge in [-0.15, -0.1) is 0 Å². The fraction of sp³-hybridized carbons (Fsp3) is 0.778. The molecule has 0 rings (SSSR count). The Morgan fingerprint density at radius 1 is 1.33 bits per heavy atom. The van der Waals surface area contributed by atoms with Crippen LogP contribution in [0.5, 0.6) is 0 Å². The molecule has 0 aliphatic heterocycles. The van der Waals surface area contributed by atoms with E-state index < -0.39 is 23.9 Å². The number of amides is 2. The molecule has 1 unspecified atom stereocenters. The number of halogens is 3. The van der Waals surface area contributed by atoms with Crippen LogP contribution in [-0.4, -0.2) is 18.0 Å². The van der Waals surface area contributed by atoms with Gasteiger partial charge in [0, 0.05) is 5.92 Å². The molecule has 1 atom stereocenters. The standard InChI is InChI=1S/C9H14F3NO2/c1-3-4-5-6(2)7(14)13-8(15)9(10,11)12/h6H,3-5H2,1-2H3,(H,13,14,15). The van der Waals surface area contributed by atoms with E-state index in [2.05, 4.69) is 0 Å². The first kappa shape index (κ1) is 13.9. The summed E-state index contributed by atoms with van der Waals surface area (Å²) in [5.41, 5.74) is 0. The van der Waals surface area contributed by atoms with Gasteiger partial charge in [0.15, 0.2) is 0 Å². The fourth-order valence-corrected chi connectivity index (χ4v) is 0.947. The van der Waals surface area contributed by atoms with Crippen molar-refractivity contribution in [2.75, 3.05) is 0 Å². The van der Waals surface area contributed by atoms with Crippen LogP contribution in [0.25, 0.3) is 0 Å². The molecule has 88 valence electrons. The molecular formula is C9H14F3NO2. The average molecular weight is 225 g/mol. The maximum absolute atomic E-state index is 11.8. The minimum absolute atomic E-state index is 0.480. The van der Waals surface area contributed by atoms with Gasteiger partial charge in [0.1, 0.15) is 0 Å². The van der Waals surface area contributed by atoms with E-state index in [1.54, 1.807) is 0 Å². The molecule has 0 aromatic carbocycles. The van der Waals surface area contributed by atoms with Crippen molar-refractivity contribution in [1.82, 2.24) is 5.32 Å². The third-order valence-corrected chi connectivity index (χ3v) is 1.93. The summed E-state index contributed by atoms with van der Waals surface area (Å²) >= 11 is 0. The van der Waals surface area contributed by atoms with E-state index in [0.717, 1.165) is 12.8 Å². The second-order valence-corrected chi connectivity index (χ2v) is 3.36. The molecule has 1 N–H and O–H groups in total. The molecular weight excluding hydrogens is 211 g/mol. The monoisotopic (exact) mass is 225 g/mol. The predicted octanol–water partition coefficient (Wildman–Crippen LogP) is 2.02. The van der Waals surface area contributed by atoms with Crippen molar-refractivity contribution in [2.24, 2.45) is 5.92 Å². The van der Waals surface area contributed by atoms with Crippen molar-refractivity contribution in [3.63, 3.8) is 0 Å². The number of carbonyl (C=O) groups excluding carboxylic acids is 2. The molecule has 15 heavy (non-hydrogen) atoms. The number of rotatable bonds is 4. The number of hydrogen-bond acceptors (Lipinski definition) is 2. The first-order valence-electron chi connectivity index (χ1n) is 4.71. The molecule has 6 heteroatoms. The van der Waals surface area contributed by atoms with Gasteiger partial charge in [0.05, 0.1) is 0 Å². The predicted molar refractivity (Wildman–Crippen MR) is 47.9 cm³/mol. The number of nitrogens with one attached hydrogen (secondary N) is 1. The van der Waals surface area contributed by atoms with Crippen LogP contribution < -0.4 is 5.32 Å². The Balaban J connectivity index is 4.08. The van der Waals surface area contributed by atoms with E-state index >= 15 is 0 Å². The number of alkyl halides is 3. The summed E-state index contributed by atoms with van der Waals surface area (Å²) in [5, 5.41) is 1.33. The zero-order chi connectivity index (χ0) is 12.1. The van der Waals surface area contributed by atoms with Crippen LogP contribution in [0.4, 0.5) is 13.2 Å². The van der Waals surface area contributed by atoms with Crippen molar-refractivity contribution < 1.29 is 22.8 Å². The molecule has 0 saturated carbocycles. The molecule has 0 aromatic rings. The lowest BCUT2D eigenvalue weighted by Gasteiger charge is -2.11. The van der Waals surface area contributed by atoms with E-state index in [-0.39, 0.29) is 0 Å². The van der Waals surface area contributed by atoms with Crippen LogP contribution in [0, 0.1) is 5.92 Å². The van der Waals surface area contributed by atoms with Crippen molar-refractivity contribution in [3.8, 4) is 0 Å². The van der Waals surface area contributed by atoms with Crippen LogP contribution in [-0.2, 0) is 9.59 Å². The van der Waals surface area contributed by atoms with Gasteiger partial charge in [-0.2, -0.15) is 13.2 Å². The normalized spacial score (nSPS) is 13.4. The Labute approximate surface area is 86.0 Å². The number of carbonyl (C=O) groups is 2. The molecule has 0 heterocycles. The fourth-order valence-electron chi connectivity index (χ4n) is 0.947. The highest BCUT2D eigenvalue weighted by Gasteiger charge is 2.40. The van der Waals surface area contributed by atoms with E-state index in [0.29, 0.717) is 6.42 Å². The van der Waals surface area contributed by atoms with Crippen molar-refractivity contribution in [3.05, 3.63) is 0 Å². The zero-order valence-electron chi connectivity index (χ0n) is 8.65. The Hall–Kier alpha value is -1.07. The molecule has 0 aromatic heterocycles. The summed E-state index contributed by atoms with van der Waals surface area (Å²) in [7, 11) is 0. The number of hydrogen-bond donors (Lipinski definition) is 1. The van der Waals surface area contributed by atoms with Crippen molar-refractivity contribution >= 4 is 11.8 Å². The van der Waals surface area contributed by atoms with E-state index in [9.17, 15) is 22.8 Å². The molecule has 0 fully saturated rings. The highest BCUT2D eigenvalue weighted by molar-refractivity contribution is 5.98. The second-order valence-electron chi connectivity index (χ2n) is 3.36. The van der Waals surface area contributed by atoms with Gasteiger partial charge in [0.2, 0.25) is 5.91 Å². The van der Waals surface area contributed by atoms with E-state index in [1.807, 2.05) is 6.92 Å². The van der Waals surface area contributed by atoms with Crippen LogP contribution in [0.3, 0.4) is 0 Å². The molecule has 0 spiro atoms. The highest BCUT2D eigenvalue weighted by atomic mass is 19.4. The summed E-state index contributed by atoms with van der Waals surface area (Å²) in [6.45, 7) is 3.40. The van der Waals surface area contributed by atoms with Crippen LogP contribution in [0.15, 0.2) is 0 Å².